The van der Waals surface area contributed by atoms with E-state index in [2.05, 4.69) is 35.8 Å². The molecule has 1 fully saturated rings. The van der Waals surface area contributed by atoms with Crippen molar-refractivity contribution < 1.29 is 26.7 Å². The molecule has 190 valence electrons. The van der Waals surface area contributed by atoms with Crippen molar-refractivity contribution >= 4 is 29.2 Å². The highest BCUT2D eigenvalue weighted by Gasteiger charge is 2.59. The number of nitrogens with zero attached hydrogens (tertiary/aromatic N) is 5. The predicted molar refractivity (Wildman–Crippen MR) is 123 cm³/mol. The molecule has 0 spiro atoms. The van der Waals surface area contributed by atoms with Crippen LogP contribution >= 0.6 is 11.8 Å². The lowest BCUT2D eigenvalue weighted by molar-refractivity contribution is -0.289. The lowest BCUT2D eigenvalue weighted by atomic mass is 10.1. The maximum atomic E-state index is 13.9. The van der Waals surface area contributed by atoms with Gasteiger partial charge in [-0.15, -0.1) is 22.0 Å². The fourth-order valence-electron chi connectivity index (χ4n) is 3.24. The van der Waals surface area contributed by atoms with Crippen molar-refractivity contribution in [3.8, 4) is 11.3 Å². The van der Waals surface area contributed by atoms with E-state index in [9.17, 15) is 26.7 Å². The highest BCUT2D eigenvalue weighted by Crippen LogP contribution is 2.44. The van der Waals surface area contributed by atoms with Crippen LogP contribution < -0.4 is 10.6 Å². The van der Waals surface area contributed by atoms with Gasteiger partial charge in [0.25, 0.3) is 5.91 Å². The summed E-state index contributed by atoms with van der Waals surface area (Å²) in [5, 5.41) is 13.2. The lowest BCUT2D eigenvalue weighted by Crippen LogP contribution is -2.34. The summed E-state index contributed by atoms with van der Waals surface area (Å²) >= 11 is 1.30. The molecule has 1 aliphatic carbocycles. The molecule has 0 atom stereocenters. The molecular weight excluding hydrogens is 505 g/mol. The quantitative estimate of drug-likeness (QED) is 0.303. The molecule has 36 heavy (non-hydrogen) atoms. The zero-order valence-electron chi connectivity index (χ0n) is 19.0. The first kappa shape index (κ1) is 25.7. The van der Waals surface area contributed by atoms with Gasteiger partial charge in [-0.05, 0) is 30.7 Å². The van der Waals surface area contributed by atoms with Gasteiger partial charge in [-0.2, -0.15) is 22.0 Å². The van der Waals surface area contributed by atoms with Gasteiger partial charge in [-0.1, -0.05) is 6.92 Å². The standard InChI is InChI=1S/C22H20F5N7OS/c1-3-36-16-6-12(15-10-31-18(34-33-15)11-4-5-11)8-29-17(16)20(35)32-14-7-13(9-30-19(14)28-2)21(23,24)22(25,26)27/h6-11H,3-5H2,1-2H3,(H,28,30)(H,32,35). The minimum absolute atomic E-state index is 0.0452. The molecule has 1 aliphatic rings. The Balaban J connectivity index is 1.63. The van der Waals surface area contributed by atoms with E-state index >= 15 is 0 Å². The first-order chi connectivity index (χ1) is 17.0. The second kappa shape index (κ2) is 9.91. The van der Waals surface area contributed by atoms with Crippen LogP contribution in [0.5, 0.6) is 0 Å². The summed E-state index contributed by atoms with van der Waals surface area (Å²) in [4.78, 5) is 25.6. The molecule has 0 saturated heterocycles. The van der Waals surface area contributed by atoms with Crippen molar-refractivity contribution in [2.75, 3.05) is 23.4 Å². The van der Waals surface area contributed by atoms with Crippen LogP contribution in [0.15, 0.2) is 35.6 Å². The summed E-state index contributed by atoms with van der Waals surface area (Å²) < 4.78 is 66.2. The van der Waals surface area contributed by atoms with Gasteiger partial charge in [0.2, 0.25) is 0 Å². The maximum absolute atomic E-state index is 13.9. The summed E-state index contributed by atoms with van der Waals surface area (Å²) in [5.74, 6) is -4.46. The first-order valence-corrected chi connectivity index (χ1v) is 11.8. The number of nitrogens with one attached hydrogen (secondary N) is 2. The Morgan fingerprint density at radius 3 is 2.39 bits per heavy atom. The highest BCUT2D eigenvalue weighted by atomic mass is 32.2. The molecule has 1 saturated carbocycles. The largest absolute Gasteiger partial charge is 0.458 e. The van der Waals surface area contributed by atoms with Crippen LogP contribution in [-0.4, -0.2) is 50.0 Å². The van der Waals surface area contributed by atoms with Gasteiger partial charge in [0.1, 0.15) is 17.2 Å². The van der Waals surface area contributed by atoms with Gasteiger partial charge in [-0.3, -0.25) is 4.79 Å². The van der Waals surface area contributed by atoms with Crippen LogP contribution in [0.1, 0.15) is 47.6 Å². The van der Waals surface area contributed by atoms with E-state index in [0.29, 0.717) is 45.9 Å². The molecule has 0 radical (unpaired) electrons. The van der Waals surface area contributed by atoms with Crippen molar-refractivity contribution in [3.05, 3.63) is 47.8 Å². The van der Waals surface area contributed by atoms with Crippen molar-refractivity contribution in [2.24, 2.45) is 0 Å². The van der Waals surface area contributed by atoms with Gasteiger partial charge in [-0.25, -0.2) is 15.0 Å². The smallest absolute Gasteiger partial charge is 0.371 e. The zero-order chi connectivity index (χ0) is 26.1. The Morgan fingerprint density at radius 1 is 1.06 bits per heavy atom. The lowest BCUT2D eigenvalue weighted by Gasteiger charge is -2.21. The van der Waals surface area contributed by atoms with Gasteiger partial charge in [0, 0.05) is 35.8 Å². The number of hydrogen-bond donors (Lipinski definition) is 2. The average molecular weight is 526 g/mol. The number of pyridine rings is 2. The number of anilines is 2. The van der Waals surface area contributed by atoms with E-state index in [1.54, 1.807) is 12.3 Å². The van der Waals surface area contributed by atoms with Crippen LogP contribution in [0.4, 0.5) is 33.5 Å². The summed E-state index contributed by atoms with van der Waals surface area (Å²) in [5.41, 5.74) is -0.782. The third kappa shape index (κ3) is 5.22. The first-order valence-electron chi connectivity index (χ1n) is 10.8. The third-order valence-electron chi connectivity index (χ3n) is 5.28. The number of halogens is 5. The zero-order valence-corrected chi connectivity index (χ0v) is 19.8. The molecule has 14 heteroatoms. The highest BCUT2D eigenvalue weighted by molar-refractivity contribution is 7.99. The van der Waals surface area contributed by atoms with E-state index in [4.69, 9.17) is 0 Å². The normalized spacial score (nSPS) is 14.0. The number of amides is 1. The maximum Gasteiger partial charge on any atom is 0.458 e. The number of thioether (sulfide) groups is 1. The van der Waals surface area contributed by atoms with E-state index < -0.39 is 23.6 Å². The van der Waals surface area contributed by atoms with E-state index in [-0.39, 0.29) is 17.2 Å². The Morgan fingerprint density at radius 2 is 1.81 bits per heavy atom. The predicted octanol–water partition coefficient (Wildman–Crippen LogP) is 5.27. The molecule has 8 nitrogen and oxygen atoms in total. The Bertz CT molecular complexity index is 1270. The fraction of sp³-hybridized carbons (Fsp3) is 0.364. The number of aromatic nitrogens is 5. The Labute approximate surface area is 206 Å². The van der Waals surface area contributed by atoms with Crippen LogP contribution in [0.25, 0.3) is 11.3 Å². The topological polar surface area (TPSA) is 106 Å². The van der Waals surface area contributed by atoms with Crippen LogP contribution in [0.2, 0.25) is 0 Å². The number of carbonyl (C=O) groups excluding carboxylic acids is 1. The number of hydrogen-bond acceptors (Lipinski definition) is 8. The van der Waals surface area contributed by atoms with Crippen molar-refractivity contribution in [2.45, 2.75) is 42.7 Å². The Kier molecular flexibility index (Phi) is 7.07. The van der Waals surface area contributed by atoms with Crippen LogP contribution in [0, 0.1) is 0 Å². The van der Waals surface area contributed by atoms with Crippen LogP contribution in [-0.2, 0) is 5.92 Å². The van der Waals surface area contributed by atoms with Gasteiger partial charge < -0.3 is 10.6 Å². The molecule has 4 rings (SSSR count). The summed E-state index contributed by atoms with van der Waals surface area (Å²) in [6, 6.07) is 2.21. The molecule has 0 aromatic carbocycles. The summed E-state index contributed by atoms with van der Waals surface area (Å²) in [6.07, 6.45) is -0.383. The van der Waals surface area contributed by atoms with Crippen molar-refractivity contribution in [3.63, 3.8) is 0 Å². The fourth-order valence-corrected chi connectivity index (χ4v) is 4.05. The second-order valence-electron chi connectivity index (χ2n) is 7.88. The molecule has 3 aromatic rings. The average Bonchev–Trinajstić information content (AvgIpc) is 3.69. The monoisotopic (exact) mass is 525 g/mol. The molecule has 3 aromatic heterocycles. The number of rotatable bonds is 8. The van der Waals surface area contributed by atoms with E-state index in [0.717, 1.165) is 12.8 Å². The summed E-state index contributed by atoms with van der Waals surface area (Å²) in [7, 11) is 1.38. The minimum atomic E-state index is -5.83. The second-order valence-corrected chi connectivity index (χ2v) is 9.18. The number of alkyl halides is 5. The third-order valence-corrected chi connectivity index (χ3v) is 6.19. The van der Waals surface area contributed by atoms with Gasteiger partial charge in [0.15, 0.2) is 5.82 Å². The molecule has 1 amide bonds. The van der Waals surface area contributed by atoms with Gasteiger partial charge >= 0.3 is 12.1 Å². The molecule has 0 unspecified atom stereocenters. The summed E-state index contributed by atoms with van der Waals surface area (Å²) in [6.45, 7) is 1.86. The van der Waals surface area contributed by atoms with Crippen molar-refractivity contribution in [1.82, 2.24) is 25.1 Å². The molecular formula is C22H20F5N7OS. The number of carbonyl (C=O) groups is 1. The van der Waals surface area contributed by atoms with Crippen LogP contribution in [0.3, 0.4) is 0 Å². The molecule has 3 heterocycles. The molecule has 2 N–H and O–H groups in total. The van der Waals surface area contributed by atoms with Gasteiger partial charge in [0.05, 0.1) is 17.4 Å². The minimum Gasteiger partial charge on any atom is -0.371 e. The van der Waals surface area contributed by atoms with Crippen molar-refractivity contribution in [1.29, 1.82) is 0 Å². The SMILES string of the molecule is CCSc1cc(-c2cnc(C3CC3)nn2)cnc1C(=O)Nc1cc(C(F)(F)C(F)(F)F)cnc1NC. The Hall–Kier alpha value is -3.42. The van der Waals surface area contributed by atoms with E-state index in [1.807, 2.05) is 6.92 Å². The molecule has 0 aliphatic heterocycles. The van der Waals surface area contributed by atoms with E-state index in [1.165, 1.54) is 25.0 Å². The molecule has 0 bridgehead atoms.